The molecule has 0 spiro atoms. The molecule has 7 nitrogen and oxygen atoms in total. The van der Waals surface area contributed by atoms with Crippen molar-refractivity contribution in [3.8, 4) is 0 Å². The Kier molecular flexibility index (Phi) is 5.18. The van der Waals surface area contributed by atoms with Gasteiger partial charge in [-0.25, -0.2) is 8.42 Å². The predicted octanol–water partition coefficient (Wildman–Crippen LogP) is 2.26. The van der Waals surface area contributed by atoms with E-state index in [0.717, 1.165) is 11.8 Å². The largest absolute Gasteiger partial charge is 0.366 e. The smallest absolute Gasteiger partial charge is 0.268 e. The molecule has 2 aromatic carbocycles. The molecule has 0 aliphatic heterocycles. The molecule has 0 radical (unpaired) electrons. The molecule has 1 heterocycles. The van der Waals surface area contributed by atoms with Crippen LogP contribution in [-0.4, -0.2) is 31.1 Å². The van der Waals surface area contributed by atoms with Gasteiger partial charge in [-0.3, -0.25) is 9.59 Å². The van der Waals surface area contributed by atoms with Gasteiger partial charge < -0.3 is 15.6 Å². The number of nitrogens with one attached hydrogen (secondary N) is 1. The van der Waals surface area contributed by atoms with E-state index >= 15 is 0 Å². The third kappa shape index (κ3) is 3.88. The number of amides is 2. The maximum Gasteiger partial charge on any atom is 0.268 e. The third-order valence-corrected chi connectivity index (χ3v) is 5.98. The summed E-state index contributed by atoms with van der Waals surface area (Å²) >= 11 is 6.10. The molecule has 0 aliphatic rings. The number of hydrogen-bond acceptors (Lipinski definition) is 4. The average Bonchev–Trinajstić information content (AvgIpc) is 2.94. The van der Waals surface area contributed by atoms with Crippen molar-refractivity contribution in [3.63, 3.8) is 0 Å². The van der Waals surface area contributed by atoms with Crippen molar-refractivity contribution in [2.24, 2.45) is 12.8 Å². The molecule has 28 heavy (non-hydrogen) atoms. The summed E-state index contributed by atoms with van der Waals surface area (Å²) in [4.78, 5) is 23.7. The number of fused-ring (bicyclic) bond motifs is 1. The van der Waals surface area contributed by atoms with Crippen LogP contribution in [0.2, 0.25) is 5.02 Å². The Balaban J connectivity index is 1.85. The van der Waals surface area contributed by atoms with E-state index in [9.17, 15) is 18.0 Å². The quantitative estimate of drug-likeness (QED) is 0.660. The minimum absolute atomic E-state index is 0.0220. The topological polar surface area (TPSA) is 111 Å². The first kappa shape index (κ1) is 19.9. The van der Waals surface area contributed by atoms with Crippen LogP contribution in [0.3, 0.4) is 0 Å². The summed E-state index contributed by atoms with van der Waals surface area (Å²) < 4.78 is 25.3. The van der Waals surface area contributed by atoms with Gasteiger partial charge in [-0.2, -0.15) is 0 Å². The van der Waals surface area contributed by atoms with E-state index in [-0.39, 0.29) is 22.4 Å². The van der Waals surface area contributed by atoms with Crippen LogP contribution in [0.5, 0.6) is 0 Å². The lowest BCUT2D eigenvalue weighted by molar-refractivity contribution is 0.0941. The van der Waals surface area contributed by atoms with Gasteiger partial charge in [-0.05, 0) is 35.9 Å². The summed E-state index contributed by atoms with van der Waals surface area (Å²) in [7, 11) is -1.78. The minimum atomic E-state index is -3.48. The van der Waals surface area contributed by atoms with E-state index in [1.165, 1.54) is 12.1 Å². The van der Waals surface area contributed by atoms with Crippen molar-refractivity contribution in [3.05, 3.63) is 64.3 Å². The lowest BCUT2D eigenvalue weighted by Crippen LogP contribution is -2.24. The highest BCUT2D eigenvalue weighted by atomic mass is 35.5. The number of carbonyl (C=O) groups is 2. The molecular weight excluding hydrogens is 402 g/mol. The molecule has 0 aliphatic carbocycles. The SMILES string of the molecule is Cn1c(C(=O)NCc2ccc(C(N)=O)cc2)cc2cc(S(C)(=O)=O)c(Cl)cc21. The second-order valence-electron chi connectivity index (χ2n) is 6.45. The van der Waals surface area contributed by atoms with Crippen molar-refractivity contribution in [2.45, 2.75) is 11.4 Å². The maximum atomic E-state index is 12.6. The molecule has 0 unspecified atom stereocenters. The van der Waals surface area contributed by atoms with E-state index in [1.54, 1.807) is 41.9 Å². The number of aryl methyl sites for hydroxylation is 1. The fraction of sp³-hybridized carbons (Fsp3) is 0.158. The molecule has 0 atom stereocenters. The van der Waals surface area contributed by atoms with Gasteiger partial charge in [0.15, 0.2) is 9.84 Å². The van der Waals surface area contributed by atoms with Gasteiger partial charge in [0.05, 0.1) is 9.92 Å². The standard InChI is InChI=1S/C19H18ClN3O4S/c1-23-15-9-14(20)17(28(2,26)27)8-13(15)7-16(23)19(25)22-10-11-3-5-12(6-4-11)18(21)24/h3-9H,10H2,1-2H3,(H2,21,24)(H,22,25). The van der Waals surface area contributed by atoms with Crippen LogP contribution >= 0.6 is 11.6 Å². The van der Waals surface area contributed by atoms with E-state index < -0.39 is 15.7 Å². The van der Waals surface area contributed by atoms with Crippen molar-refractivity contribution in [2.75, 3.05) is 6.26 Å². The first-order valence-electron chi connectivity index (χ1n) is 8.24. The van der Waals surface area contributed by atoms with Gasteiger partial charge in [0.1, 0.15) is 5.69 Å². The van der Waals surface area contributed by atoms with Crippen molar-refractivity contribution in [1.29, 1.82) is 0 Å². The Bertz CT molecular complexity index is 1200. The number of carbonyl (C=O) groups excluding carboxylic acids is 2. The zero-order valence-corrected chi connectivity index (χ0v) is 16.8. The average molecular weight is 420 g/mol. The molecular formula is C19H18ClN3O4S. The van der Waals surface area contributed by atoms with Crippen molar-refractivity contribution in [1.82, 2.24) is 9.88 Å². The molecule has 146 valence electrons. The molecule has 3 aromatic rings. The third-order valence-electron chi connectivity index (χ3n) is 4.42. The van der Waals surface area contributed by atoms with E-state index in [4.69, 9.17) is 17.3 Å². The van der Waals surface area contributed by atoms with Crippen LogP contribution in [0.1, 0.15) is 26.4 Å². The normalized spacial score (nSPS) is 11.5. The van der Waals surface area contributed by atoms with Crippen LogP contribution in [0, 0.1) is 0 Å². The van der Waals surface area contributed by atoms with Crippen molar-refractivity contribution < 1.29 is 18.0 Å². The number of primary amides is 1. The molecule has 1 aromatic heterocycles. The summed E-state index contributed by atoms with van der Waals surface area (Å²) in [5.74, 6) is -0.840. The Morgan fingerprint density at radius 1 is 1.14 bits per heavy atom. The highest BCUT2D eigenvalue weighted by molar-refractivity contribution is 7.90. The second kappa shape index (κ2) is 7.29. The van der Waals surface area contributed by atoms with E-state index in [0.29, 0.717) is 22.2 Å². The van der Waals surface area contributed by atoms with E-state index in [1.807, 2.05) is 0 Å². The lowest BCUT2D eigenvalue weighted by atomic mass is 10.1. The molecule has 0 bridgehead atoms. The number of halogens is 1. The maximum absolute atomic E-state index is 12.6. The molecule has 0 saturated heterocycles. The highest BCUT2D eigenvalue weighted by Crippen LogP contribution is 2.29. The second-order valence-corrected chi connectivity index (χ2v) is 8.84. The van der Waals surface area contributed by atoms with Crippen LogP contribution < -0.4 is 11.1 Å². The lowest BCUT2D eigenvalue weighted by Gasteiger charge is -2.07. The molecule has 0 fully saturated rings. The molecule has 2 amide bonds. The van der Waals surface area contributed by atoms with Gasteiger partial charge in [-0.15, -0.1) is 0 Å². The summed E-state index contributed by atoms with van der Waals surface area (Å²) in [6, 6.07) is 11.2. The number of hydrogen-bond donors (Lipinski definition) is 2. The number of rotatable bonds is 5. The number of nitrogens with zero attached hydrogens (tertiary/aromatic N) is 1. The van der Waals surface area contributed by atoms with Gasteiger partial charge in [0.2, 0.25) is 5.91 Å². The summed E-state index contributed by atoms with van der Waals surface area (Å²) in [5, 5.41) is 3.51. The van der Waals surface area contributed by atoms with Crippen LogP contribution in [0.25, 0.3) is 10.9 Å². The zero-order valence-electron chi connectivity index (χ0n) is 15.2. The highest BCUT2D eigenvalue weighted by Gasteiger charge is 2.18. The first-order chi connectivity index (χ1) is 13.1. The monoisotopic (exact) mass is 419 g/mol. The summed E-state index contributed by atoms with van der Waals surface area (Å²) in [6.07, 6.45) is 1.08. The fourth-order valence-electron chi connectivity index (χ4n) is 2.90. The van der Waals surface area contributed by atoms with Crippen LogP contribution in [0.4, 0.5) is 0 Å². The minimum Gasteiger partial charge on any atom is -0.366 e. The molecule has 0 saturated carbocycles. The van der Waals surface area contributed by atoms with Gasteiger partial charge >= 0.3 is 0 Å². The fourth-order valence-corrected chi connectivity index (χ4v) is 4.23. The molecule has 9 heteroatoms. The number of benzene rings is 2. The van der Waals surface area contributed by atoms with Crippen LogP contribution in [-0.2, 0) is 23.4 Å². The van der Waals surface area contributed by atoms with E-state index in [2.05, 4.69) is 5.32 Å². The predicted molar refractivity (Wildman–Crippen MR) is 107 cm³/mol. The Morgan fingerprint density at radius 2 is 1.79 bits per heavy atom. The number of sulfone groups is 1. The Morgan fingerprint density at radius 3 is 2.36 bits per heavy atom. The molecule has 3 N–H and O–H groups in total. The molecule has 3 rings (SSSR count). The van der Waals surface area contributed by atoms with Gasteiger partial charge in [-0.1, -0.05) is 23.7 Å². The Hall–Kier alpha value is -2.84. The number of nitrogens with two attached hydrogens (primary N) is 1. The zero-order chi connectivity index (χ0) is 20.6. The first-order valence-corrected chi connectivity index (χ1v) is 10.5. The summed E-state index contributed by atoms with van der Waals surface area (Å²) in [6.45, 7) is 0.259. The van der Waals surface area contributed by atoms with Gasteiger partial charge in [0, 0.05) is 36.3 Å². The Labute approximate surface area is 167 Å². The summed E-state index contributed by atoms with van der Waals surface area (Å²) in [5.41, 5.74) is 7.41. The van der Waals surface area contributed by atoms with Crippen LogP contribution in [0.15, 0.2) is 47.4 Å². The number of aromatic nitrogens is 1. The van der Waals surface area contributed by atoms with Crippen molar-refractivity contribution >= 4 is 44.2 Å². The van der Waals surface area contributed by atoms with Gasteiger partial charge in [0.25, 0.3) is 5.91 Å².